The van der Waals surface area contributed by atoms with E-state index < -0.39 is 0 Å². The number of carbonyl (C=O) groups is 1. The van der Waals surface area contributed by atoms with Crippen molar-refractivity contribution in [1.29, 1.82) is 0 Å². The second kappa shape index (κ2) is 6.38. The Morgan fingerprint density at radius 3 is 2.72 bits per heavy atom. The van der Waals surface area contributed by atoms with Gasteiger partial charge in [0.15, 0.2) is 0 Å². The van der Waals surface area contributed by atoms with Crippen LogP contribution in [-0.2, 0) is 0 Å². The Bertz CT molecular complexity index is 276. The normalized spacial score (nSPS) is 26.7. The molecule has 2 heterocycles. The molecule has 0 aromatic carbocycles. The zero-order valence-electron chi connectivity index (χ0n) is 11.4. The highest BCUT2D eigenvalue weighted by Gasteiger charge is 2.34. The Hall–Kier alpha value is -0.810. The van der Waals surface area contributed by atoms with Crippen molar-refractivity contribution in [3.8, 4) is 0 Å². The number of piperidine rings is 1. The van der Waals surface area contributed by atoms with E-state index in [9.17, 15) is 4.79 Å². The summed E-state index contributed by atoms with van der Waals surface area (Å²) in [5.74, 6) is 0. The van der Waals surface area contributed by atoms with Crippen LogP contribution in [0.25, 0.3) is 0 Å². The van der Waals surface area contributed by atoms with Gasteiger partial charge in [-0.1, -0.05) is 13.3 Å². The average Bonchev–Trinajstić information content (AvgIpc) is 2.72. The van der Waals surface area contributed by atoms with E-state index in [1.807, 2.05) is 0 Å². The summed E-state index contributed by atoms with van der Waals surface area (Å²) < 4.78 is 0. The number of hydrogen-bond donors (Lipinski definition) is 2. The number of hydrogen-bond acceptors (Lipinski definition) is 3. The molecule has 2 aliphatic rings. The second-order valence-electron chi connectivity index (χ2n) is 5.45. The monoisotopic (exact) mass is 254 g/mol. The molecule has 2 saturated heterocycles. The predicted octanol–water partition coefficient (Wildman–Crippen LogP) is 0.603. The molecule has 0 aliphatic carbocycles. The van der Waals surface area contributed by atoms with Crippen molar-refractivity contribution < 1.29 is 4.79 Å². The molecule has 2 rings (SSSR count). The summed E-state index contributed by atoms with van der Waals surface area (Å²) in [7, 11) is 0. The summed E-state index contributed by atoms with van der Waals surface area (Å²) in [6, 6.07) is 0.941. The lowest BCUT2D eigenvalue weighted by Gasteiger charge is -2.36. The highest BCUT2D eigenvalue weighted by molar-refractivity contribution is 5.77. The van der Waals surface area contributed by atoms with Crippen LogP contribution in [0.5, 0.6) is 0 Å². The highest BCUT2D eigenvalue weighted by atomic mass is 16.2. The van der Waals surface area contributed by atoms with Gasteiger partial charge in [0.25, 0.3) is 0 Å². The van der Waals surface area contributed by atoms with Crippen molar-refractivity contribution in [3.05, 3.63) is 0 Å². The number of urea groups is 1. The lowest BCUT2D eigenvalue weighted by molar-refractivity contribution is 0.136. The first-order valence-corrected chi connectivity index (χ1v) is 7.24. The van der Waals surface area contributed by atoms with Crippen LogP contribution < -0.4 is 11.1 Å². The van der Waals surface area contributed by atoms with Crippen LogP contribution in [-0.4, -0.2) is 60.6 Å². The minimum Gasteiger partial charge on any atom is -0.333 e. The van der Waals surface area contributed by atoms with Gasteiger partial charge < -0.3 is 20.9 Å². The number of nitrogens with two attached hydrogens (primary N) is 1. The SMILES string of the molecule is CCCC1CN(C2CCN(CCN)CC2)C(=O)N1. The summed E-state index contributed by atoms with van der Waals surface area (Å²) in [6.45, 7) is 6.92. The third-order valence-corrected chi connectivity index (χ3v) is 4.09. The Balaban J connectivity index is 1.81. The van der Waals surface area contributed by atoms with Gasteiger partial charge in [-0.3, -0.25) is 0 Å². The molecular formula is C13H26N4O. The minimum atomic E-state index is 0.144. The first-order valence-electron chi connectivity index (χ1n) is 7.24. The van der Waals surface area contributed by atoms with Crippen LogP contribution in [0, 0.1) is 0 Å². The van der Waals surface area contributed by atoms with Gasteiger partial charge in [0.1, 0.15) is 0 Å². The van der Waals surface area contributed by atoms with Gasteiger partial charge in [0.2, 0.25) is 0 Å². The number of carbonyl (C=O) groups excluding carboxylic acids is 1. The van der Waals surface area contributed by atoms with Crippen molar-refractivity contribution in [3.63, 3.8) is 0 Å². The van der Waals surface area contributed by atoms with E-state index in [1.165, 1.54) is 0 Å². The molecule has 1 atom stereocenters. The van der Waals surface area contributed by atoms with Crippen molar-refractivity contribution in [2.24, 2.45) is 5.73 Å². The molecule has 3 N–H and O–H groups in total. The number of nitrogens with zero attached hydrogens (tertiary/aromatic N) is 2. The second-order valence-corrected chi connectivity index (χ2v) is 5.45. The number of likely N-dealkylation sites (tertiary alicyclic amines) is 1. The third kappa shape index (κ3) is 3.14. The van der Waals surface area contributed by atoms with Gasteiger partial charge in [-0.25, -0.2) is 4.79 Å². The van der Waals surface area contributed by atoms with Gasteiger partial charge in [-0.15, -0.1) is 0 Å². The quantitative estimate of drug-likeness (QED) is 0.755. The largest absolute Gasteiger partial charge is 0.333 e. The van der Waals surface area contributed by atoms with E-state index in [1.54, 1.807) is 0 Å². The van der Waals surface area contributed by atoms with Crippen molar-refractivity contribution in [2.75, 3.05) is 32.7 Å². The minimum absolute atomic E-state index is 0.144. The van der Waals surface area contributed by atoms with Crippen LogP contribution in [0.2, 0.25) is 0 Å². The molecule has 18 heavy (non-hydrogen) atoms. The zero-order chi connectivity index (χ0) is 13.0. The van der Waals surface area contributed by atoms with Crippen LogP contribution >= 0.6 is 0 Å². The molecule has 0 radical (unpaired) electrons. The van der Waals surface area contributed by atoms with Gasteiger partial charge in [-0.2, -0.15) is 0 Å². The first kappa shape index (κ1) is 13.6. The van der Waals surface area contributed by atoms with E-state index in [0.717, 1.165) is 58.4 Å². The molecule has 2 aliphatic heterocycles. The van der Waals surface area contributed by atoms with Crippen LogP contribution in [0.4, 0.5) is 4.79 Å². The van der Waals surface area contributed by atoms with E-state index in [2.05, 4.69) is 22.0 Å². The fourth-order valence-corrected chi connectivity index (χ4v) is 3.09. The van der Waals surface area contributed by atoms with Crippen LogP contribution in [0.3, 0.4) is 0 Å². The Morgan fingerprint density at radius 2 is 2.11 bits per heavy atom. The molecule has 2 fully saturated rings. The molecule has 0 bridgehead atoms. The van der Waals surface area contributed by atoms with Crippen LogP contribution in [0.15, 0.2) is 0 Å². The van der Waals surface area contributed by atoms with Gasteiger partial charge in [0.05, 0.1) is 0 Å². The summed E-state index contributed by atoms with van der Waals surface area (Å²) in [4.78, 5) is 16.4. The summed E-state index contributed by atoms with van der Waals surface area (Å²) >= 11 is 0. The number of amides is 2. The first-order chi connectivity index (χ1) is 8.74. The van der Waals surface area contributed by atoms with Crippen LogP contribution in [0.1, 0.15) is 32.6 Å². The van der Waals surface area contributed by atoms with Gasteiger partial charge in [-0.05, 0) is 19.3 Å². The molecule has 104 valence electrons. The maximum atomic E-state index is 11.9. The molecule has 0 spiro atoms. The maximum Gasteiger partial charge on any atom is 0.317 e. The summed E-state index contributed by atoms with van der Waals surface area (Å²) in [5.41, 5.74) is 5.57. The van der Waals surface area contributed by atoms with Crippen molar-refractivity contribution >= 4 is 6.03 Å². The smallest absolute Gasteiger partial charge is 0.317 e. The molecular weight excluding hydrogens is 228 g/mol. The standard InChI is InChI=1S/C13H26N4O/c1-2-3-11-10-17(13(18)15-11)12-4-7-16(8-5-12)9-6-14/h11-12H,2-10,14H2,1H3,(H,15,18). The van der Waals surface area contributed by atoms with Gasteiger partial charge >= 0.3 is 6.03 Å². The lowest BCUT2D eigenvalue weighted by atomic mass is 10.0. The van der Waals surface area contributed by atoms with E-state index in [0.29, 0.717) is 12.1 Å². The maximum absolute atomic E-state index is 11.9. The third-order valence-electron chi connectivity index (χ3n) is 4.09. The lowest BCUT2D eigenvalue weighted by Crippen LogP contribution is -2.47. The fraction of sp³-hybridized carbons (Fsp3) is 0.923. The van der Waals surface area contributed by atoms with Crippen molar-refractivity contribution in [2.45, 2.75) is 44.7 Å². The molecule has 5 heteroatoms. The van der Waals surface area contributed by atoms with Crippen molar-refractivity contribution in [1.82, 2.24) is 15.1 Å². The number of rotatable bonds is 5. The van der Waals surface area contributed by atoms with E-state index in [4.69, 9.17) is 5.73 Å². The molecule has 0 aromatic rings. The van der Waals surface area contributed by atoms with E-state index >= 15 is 0 Å². The predicted molar refractivity (Wildman–Crippen MR) is 72.5 cm³/mol. The average molecular weight is 254 g/mol. The molecule has 5 nitrogen and oxygen atoms in total. The Labute approximate surface area is 110 Å². The number of nitrogens with one attached hydrogen (secondary N) is 1. The molecule has 1 unspecified atom stereocenters. The Kier molecular flexibility index (Phi) is 4.83. The topological polar surface area (TPSA) is 61.6 Å². The molecule has 2 amide bonds. The summed E-state index contributed by atoms with van der Waals surface area (Å²) in [6.07, 6.45) is 4.40. The fourth-order valence-electron chi connectivity index (χ4n) is 3.09. The molecule has 0 saturated carbocycles. The zero-order valence-corrected chi connectivity index (χ0v) is 11.4. The highest BCUT2D eigenvalue weighted by Crippen LogP contribution is 2.20. The van der Waals surface area contributed by atoms with Gasteiger partial charge in [0, 0.05) is 44.8 Å². The van der Waals surface area contributed by atoms with E-state index in [-0.39, 0.29) is 6.03 Å². The summed E-state index contributed by atoms with van der Waals surface area (Å²) in [5, 5.41) is 3.09. The Morgan fingerprint density at radius 1 is 1.39 bits per heavy atom. The molecule has 0 aromatic heterocycles.